The Bertz CT molecular complexity index is 166. The van der Waals surface area contributed by atoms with E-state index in [2.05, 4.69) is 12.3 Å². The van der Waals surface area contributed by atoms with Crippen LogP contribution in [-0.4, -0.2) is 28.1 Å². The van der Waals surface area contributed by atoms with Crippen molar-refractivity contribution in [1.29, 1.82) is 0 Å². The standard InChI is InChI=1S/C3H9F3O3Si3/c1-2-3-11(4)7-10-8-12(5,6)9-11/h2-3,10H2,1H3. The van der Waals surface area contributed by atoms with Gasteiger partial charge in [-0.05, 0) is 0 Å². The summed E-state index contributed by atoms with van der Waals surface area (Å²) < 4.78 is 50.7. The summed E-state index contributed by atoms with van der Waals surface area (Å²) in [6, 6.07) is -0.0358. The van der Waals surface area contributed by atoms with E-state index in [1.165, 1.54) is 0 Å². The minimum atomic E-state index is -5.14. The van der Waals surface area contributed by atoms with Gasteiger partial charge in [0.05, 0.1) is 0 Å². The molecule has 1 atom stereocenters. The Morgan fingerprint density at radius 3 is 2.42 bits per heavy atom. The van der Waals surface area contributed by atoms with E-state index >= 15 is 0 Å². The van der Waals surface area contributed by atoms with Crippen LogP contribution in [0.15, 0.2) is 0 Å². The normalized spacial score (nSPS) is 37.0. The topological polar surface area (TPSA) is 27.7 Å². The number of hydrogen-bond acceptors (Lipinski definition) is 3. The summed E-state index contributed by atoms with van der Waals surface area (Å²) in [5.74, 6) is 0. The van der Waals surface area contributed by atoms with Crippen LogP contribution < -0.4 is 0 Å². The van der Waals surface area contributed by atoms with E-state index in [1.54, 1.807) is 6.92 Å². The minimum absolute atomic E-state index is 0.0358. The van der Waals surface area contributed by atoms with Crippen molar-refractivity contribution in [2.75, 3.05) is 0 Å². The second-order valence-electron chi connectivity index (χ2n) is 2.38. The van der Waals surface area contributed by atoms with Crippen LogP contribution in [-0.2, 0) is 12.3 Å². The van der Waals surface area contributed by atoms with Gasteiger partial charge in [0.25, 0.3) is 10.0 Å². The molecule has 0 spiro atoms. The summed E-state index contributed by atoms with van der Waals surface area (Å²) in [5, 5.41) is 0. The Kier molecular flexibility index (Phi) is 3.11. The lowest BCUT2D eigenvalue weighted by Crippen LogP contribution is -2.55. The molecule has 1 heterocycles. The molecule has 0 aliphatic carbocycles. The first-order chi connectivity index (χ1) is 5.47. The average molecular weight is 234 g/mol. The quantitative estimate of drug-likeness (QED) is 0.521. The molecule has 0 aromatic heterocycles. The molecule has 3 nitrogen and oxygen atoms in total. The zero-order valence-electron chi connectivity index (χ0n) is 6.48. The Morgan fingerprint density at radius 1 is 1.25 bits per heavy atom. The molecular weight excluding hydrogens is 225 g/mol. The van der Waals surface area contributed by atoms with Crippen LogP contribution in [0.5, 0.6) is 0 Å². The third kappa shape index (κ3) is 2.67. The largest absolute Gasteiger partial charge is 0.744 e. The first kappa shape index (κ1) is 10.4. The van der Waals surface area contributed by atoms with Crippen LogP contribution in [0.1, 0.15) is 13.3 Å². The molecule has 1 rings (SSSR count). The van der Waals surface area contributed by atoms with Crippen molar-refractivity contribution >= 4 is 28.1 Å². The van der Waals surface area contributed by atoms with Crippen molar-refractivity contribution in [3.05, 3.63) is 0 Å². The van der Waals surface area contributed by atoms with Crippen LogP contribution >= 0.6 is 0 Å². The minimum Gasteiger partial charge on any atom is -0.396 e. The molecule has 1 aliphatic heterocycles. The Labute approximate surface area is 72.9 Å². The van der Waals surface area contributed by atoms with Crippen LogP contribution in [0.3, 0.4) is 0 Å². The molecule has 1 fully saturated rings. The van der Waals surface area contributed by atoms with E-state index in [0.29, 0.717) is 6.42 Å². The summed E-state index contributed by atoms with van der Waals surface area (Å²) in [4.78, 5) is 0. The third-order valence-electron chi connectivity index (χ3n) is 1.32. The van der Waals surface area contributed by atoms with Crippen molar-refractivity contribution in [1.82, 2.24) is 0 Å². The SMILES string of the molecule is CCC[Si]1(F)O[SiH2]O[Si](F)(F)O1. The fourth-order valence-corrected chi connectivity index (χ4v) is 7.40. The second-order valence-corrected chi connectivity index (χ2v) is 8.49. The van der Waals surface area contributed by atoms with Gasteiger partial charge < -0.3 is 12.3 Å². The van der Waals surface area contributed by atoms with Crippen LogP contribution in [0.25, 0.3) is 0 Å². The molecule has 0 amide bonds. The monoisotopic (exact) mass is 234 g/mol. The first-order valence-corrected chi connectivity index (χ1v) is 8.15. The highest BCUT2D eigenvalue weighted by Crippen LogP contribution is 2.28. The maximum atomic E-state index is 13.3. The van der Waals surface area contributed by atoms with E-state index in [4.69, 9.17) is 0 Å². The Morgan fingerprint density at radius 2 is 1.92 bits per heavy atom. The van der Waals surface area contributed by atoms with Gasteiger partial charge in [0, 0.05) is 6.04 Å². The predicted octanol–water partition coefficient (Wildman–Crippen LogP) is 0.742. The van der Waals surface area contributed by atoms with Crippen molar-refractivity contribution in [3.63, 3.8) is 0 Å². The first-order valence-electron chi connectivity index (χ1n) is 3.52. The summed E-state index contributed by atoms with van der Waals surface area (Å²) >= 11 is 0. The van der Waals surface area contributed by atoms with Crippen LogP contribution in [0.4, 0.5) is 12.3 Å². The molecule has 1 saturated heterocycles. The number of halogens is 3. The molecule has 0 aromatic carbocycles. The highest BCUT2D eigenvalue weighted by Gasteiger charge is 2.58. The number of rotatable bonds is 2. The maximum Gasteiger partial charge on any atom is 0.744 e. The van der Waals surface area contributed by atoms with Gasteiger partial charge >= 0.3 is 18.1 Å². The lowest BCUT2D eigenvalue weighted by atomic mass is 10.6. The summed E-state index contributed by atoms with van der Waals surface area (Å²) in [6.45, 7) is 1.69. The Hall–Kier alpha value is 0.321. The summed E-state index contributed by atoms with van der Waals surface area (Å²) in [6.07, 6.45) is 0.446. The molecule has 1 aliphatic rings. The van der Waals surface area contributed by atoms with E-state index < -0.39 is 28.1 Å². The fraction of sp³-hybridized carbons (Fsp3) is 1.00. The molecule has 0 aromatic rings. The van der Waals surface area contributed by atoms with Crippen molar-refractivity contribution in [3.8, 4) is 0 Å². The lowest BCUT2D eigenvalue weighted by molar-refractivity contribution is 0.140. The predicted molar refractivity (Wildman–Crippen MR) is 41.7 cm³/mol. The molecule has 0 bridgehead atoms. The van der Waals surface area contributed by atoms with Crippen molar-refractivity contribution < 1.29 is 24.7 Å². The molecule has 12 heavy (non-hydrogen) atoms. The Balaban J connectivity index is 2.55. The van der Waals surface area contributed by atoms with Gasteiger partial charge in [0.1, 0.15) is 0 Å². The van der Waals surface area contributed by atoms with Crippen LogP contribution in [0.2, 0.25) is 6.04 Å². The fourth-order valence-electron chi connectivity index (χ4n) is 0.844. The number of hydrogen-bond donors (Lipinski definition) is 0. The van der Waals surface area contributed by atoms with Crippen molar-refractivity contribution in [2.24, 2.45) is 0 Å². The summed E-state index contributed by atoms with van der Waals surface area (Å²) in [5.41, 5.74) is 0. The van der Waals surface area contributed by atoms with E-state index in [-0.39, 0.29) is 6.04 Å². The van der Waals surface area contributed by atoms with Gasteiger partial charge in [-0.1, -0.05) is 13.3 Å². The molecule has 0 radical (unpaired) electrons. The van der Waals surface area contributed by atoms with Gasteiger partial charge in [-0.3, -0.25) is 0 Å². The smallest absolute Gasteiger partial charge is 0.396 e. The van der Waals surface area contributed by atoms with E-state index in [0.717, 1.165) is 0 Å². The van der Waals surface area contributed by atoms with Gasteiger partial charge in [0.15, 0.2) is 0 Å². The molecule has 9 heteroatoms. The van der Waals surface area contributed by atoms with Gasteiger partial charge in [0.2, 0.25) is 0 Å². The van der Waals surface area contributed by atoms with Crippen LogP contribution in [0, 0.1) is 0 Å². The van der Waals surface area contributed by atoms with E-state index in [1.807, 2.05) is 0 Å². The lowest BCUT2D eigenvalue weighted by Gasteiger charge is -2.29. The second kappa shape index (κ2) is 3.59. The zero-order valence-corrected chi connectivity index (χ0v) is 9.89. The zero-order chi connectivity index (χ0) is 9.24. The molecule has 0 N–H and O–H groups in total. The highest BCUT2D eigenvalue weighted by atomic mass is 28.6. The average Bonchev–Trinajstić information content (AvgIpc) is 1.83. The molecule has 0 saturated carbocycles. The molecular formula is C3H9F3O3Si3. The summed E-state index contributed by atoms with van der Waals surface area (Å²) in [7, 11) is -11.0. The van der Waals surface area contributed by atoms with E-state index in [9.17, 15) is 12.3 Å². The van der Waals surface area contributed by atoms with Gasteiger partial charge in [-0.15, -0.1) is 0 Å². The van der Waals surface area contributed by atoms with Gasteiger partial charge in [-0.25, -0.2) is 12.3 Å². The maximum absolute atomic E-state index is 13.3. The highest BCUT2D eigenvalue weighted by molar-refractivity contribution is 6.78. The third-order valence-corrected chi connectivity index (χ3v) is 8.60. The molecule has 1 unspecified atom stereocenters. The van der Waals surface area contributed by atoms with Crippen molar-refractivity contribution in [2.45, 2.75) is 19.4 Å². The molecule has 72 valence electrons. The van der Waals surface area contributed by atoms with Gasteiger partial charge in [-0.2, -0.15) is 0 Å².